The lowest BCUT2D eigenvalue weighted by Gasteiger charge is -2.42. The zero-order chi connectivity index (χ0) is 10.6. The molecule has 1 aliphatic rings. The van der Waals surface area contributed by atoms with E-state index in [1.54, 1.807) is 0 Å². The number of benzene rings is 1. The van der Waals surface area contributed by atoms with Crippen molar-refractivity contribution in [1.82, 2.24) is 5.32 Å². The lowest BCUT2D eigenvalue weighted by molar-refractivity contribution is 0.0162. The maximum Gasteiger partial charge on any atom is 0.0549 e. The molecule has 0 spiro atoms. The van der Waals surface area contributed by atoms with Gasteiger partial charge in [0.05, 0.1) is 6.61 Å². The van der Waals surface area contributed by atoms with Gasteiger partial charge in [0, 0.05) is 25.1 Å². The van der Waals surface area contributed by atoms with Crippen LogP contribution in [0.1, 0.15) is 12.5 Å². The molecule has 2 nitrogen and oxygen atoms in total. The molecule has 1 aromatic carbocycles. The number of hydrogen-bond acceptors (Lipinski definition) is 2. The normalized spacial score (nSPS) is 18.5. The van der Waals surface area contributed by atoms with Crippen molar-refractivity contribution in [2.24, 2.45) is 5.41 Å². The molecule has 0 amide bonds. The Kier molecular flexibility index (Phi) is 3.39. The SMILES string of the molecule is CCOCC1(Cc2ccccc2)CNC1. The number of hydrogen-bond donors (Lipinski definition) is 1. The van der Waals surface area contributed by atoms with Crippen molar-refractivity contribution in [2.45, 2.75) is 13.3 Å². The summed E-state index contributed by atoms with van der Waals surface area (Å²) in [5.41, 5.74) is 1.76. The van der Waals surface area contributed by atoms with Crippen LogP contribution in [-0.2, 0) is 11.2 Å². The Morgan fingerprint density at radius 3 is 2.53 bits per heavy atom. The van der Waals surface area contributed by atoms with Gasteiger partial charge in [0.15, 0.2) is 0 Å². The minimum absolute atomic E-state index is 0.345. The second-order valence-electron chi connectivity index (χ2n) is 4.40. The second-order valence-corrected chi connectivity index (χ2v) is 4.40. The van der Waals surface area contributed by atoms with Crippen molar-refractivity contribution in [3.63, 3.8) is 0 Å². The fraction of sp³-hybridized carbons (Fsp3) is 0.538. The highest BCUT2D eigenvalue weighted by Crippen LogP contribution is 2.27. The summed E-state index contributed by atoms with van der Waals surface area (Å²) in [7, 11) is 0. The van der Waals surface area contributed by atoms with Crippen LogP contribution in [0.3, 0.4) is 0 Å². The van der Waals surface area contributed by atoms with Gasteiger partial charge in [0.25, 0.3) is 0 Å². The van der Waals surface area contributed by atoms with Crippen molar-refractivity contribution in [3.8, 4) is 0 Å². The molecule has 1 heterocycles. The molecule has 2 heteroatoms. The van der Waals surface area contributed by atoms with Crippen LogP contribution in [0.5, 0.6) is 0 Å². The molecular weight excluding hydrogens is 186 g/mol. The largest absolute Gasteiger partial charge is 0.381 e. The maximum atomic E-state index is 5.57. The Bertz CT molecular complexity index is 293. The molecule has 0 unspecified atom stereocenters. The summed E-state index contributed by atoms with van der Waals surface area (Å²) in [6.07, 6.45) is 1.13. The quantitative estimate of drug-likeness (QED) is 0.792. The molecule has 0 aromatic heterocycles. The molecular formula is C13H19NO. The van der Waals surface area contributed by atoms with E-state index in [0.29, 0.717) is 5.41 Å². The summed E-state index contributed by atoms with van der Waals surface area (Å²) in [4.78, 5) is 0. The molecule has 15 heavy (non-hydrogen) atoms. The molecule has 82 valence electrons. The molecule has 0 atom stereocenters. The van der Waals surface area contributed by atoms with Crippen molar-refractivity contribution < 1.29 is 4.74 Å². The van der Waals surface area contributed by atoms with E-state index in [9.17, 15) is 0 Å². The highest BCUT2D eigenvalue weighted by Gasteiger charge is 2.36. The summed E-state index contributed by atoms with van der Waals surface area (Å²) < 4.78 is 5.57. The van der Waals surface area contributed by atoms with Crippen LogP contribution in [0.25, 0.3) is 0 Å². The van der Waals surface area contributed by atoms with E-state index in [0.717, 1.165) is 32.7 Å². The zero-order valence-corrected chi connectivity index (χ0v) is 9.33. The first-order valence-electron chi connectivity index (χ1n) is 5.67. The van der Waals surface area contributed by atoms with E-state index in [-0.39, 0.29) is 0 Å². The van der Waals surface area contributed by atoms with Crippen LogP contribution in [-0.4, -0.2) is 26.3 Å². The summed E-state index contributed by atoms with van der Waals surface area (Å²) in [5.74, 6) is 0. The molecule has 0 aliphatic carbocycles. The van der Waals surface area contributed by atoms with Crippen molar-refractivity contribution in [2.75, 3.05) is 26.3 Å². The van der Waals surface area contributed by atoms with E-state index in [2.05, 4.69) is 42.6 Å². The Morgan fingerprint density at radius 1 is 1.27 bits per heavy atom. The number of ether oxygens (including phenoxy) is 1. The average Bonchev–Trinajstić information content (AvgIpc) is 2.23. The maximum absolute atomic E-state index is 5.57. The summed E-state index contributed by atoms with van der Waals surface area (Å²) in [6, 6.07) is 10.7. The first-order chi connectivity index (χ1) is 7.35. The van der Waals surface area contributed by atoms with E-state index in [4.69, 9.17) is 4.74 Å². The van der Waals surface area contributed by atoms with Crippen LogP contribution in [0.2, 0.25) is 0 Å². The minimum atomic E-state index is 0.345. The monoisotopic (exact) mass is 205 g/mol. The van der Waals surface area contributed by atoms with Crippen LogP contribution in [0.4, 0.5) is 0 Å². The lowest BCUT2D eigenvalue weighted by Crippen LogP contribution is -2.57. The van der Waals surface area contributed by atoms with Crippen LogP contribution >= 0.6 is 0 Å². The fourth-order valence-electron chi connectivity index (χ4n) is 2.10. The highest BCUT2D eigenvalue weighted by atomic mass is 16.5. The predicted molar refractivity (Wildman–Crippen MR) is 61.9 cm³/mol. The molecule has 1 saturated heterocycles. The van der Waals surface area contributed by atoms with Crippen LogP contribution in [0, 0.1) is 5.41 Å². The Hall–Kier alpha value is -0.860. The van der Waals surface area contributed by atoms with E-state index < -0.39 is 0 Å². The van der Waals surface area contributed by atoms with Gasteiger partial charge in [0.2, 0.25) is 0 Å². The smallest absolute Gasteiger partial charge is 0.0549 e. The van der Waals surface area contributed by atoms with Crippen LogP contribution < -0.4 is 5.32 Å². The van der Waals surface area contributed by atoms with Gasteiger partial charge in [-0.2, -0.15) is 0 Å². The summed E-state index contributed by atoms with van der Waals surface area (Å²) in [6.45, 7) is 5.92. The first kappa shape index (κ1) is 10.7. The van der Waals surface area contributed by atoms with Gasteiger partial charge in [-0.05, 0) is 18.9 Å². The van der Waals surface area contributed by atoms with E-state index in [1.807, 2.05) is 0 Å². The topological polar surface area (TPSA) is 21.3 Å². The number of rotatable bonds is 5. The Labute approximate surface area is 91.6 Å². The summed E-state index contributed by atoms with van der Waals surface area (Å²) >= 11 is 0. The molecule has 0 bridgehead atoms. The molecule has 1 fully saturated rings. The molecule has 1 aromatic rings. The lowest BCUT2D eigenvalue weighted by atomic mass is 9.77. The molecule has 0 saturated carbocycles. The average molecular weight is 205 g/mol. The third-order valence-electron chi connectivity index (χ3n) is 3.03. The van der Waals surface area contributed by atoms with Crippen molar-refractivity contribution in [3.05, 3.63) is 35.9 Å². The Balaban J connectivity index is 1.96. The van der Waals surface area contributed by atoms with Gasteiger partial charge in [0.1, 0.15) is 0 Å². The Morgan fingerprint density at radius 2 is 2.00 bits per heavy atom. The van der Waals surface area contributed by atoms with Crippen LogP contribution in [0.15, 0.2) is 30.3 Å². The van der Waals surface area contributed by atoms with Gasteiger partial charge in [-0.1, -0.05) is 30.3 Å². The van der Waals surface area contributed by atoms with Gasteiger partial charge >= 0.3 is 0 Å². The third-order valence-corrected chi connectivity index (χ3v) is 3.03. The molecule has 2 rings (SSSR count). The van der Waals surface area contributed by atoms with Gasteiger partial charge in [-0.3, -0.25) is 0 Å². The molecule has 0 radical (unpaired) electrons. The first-order valence-corrected chi connectivity index (χ1v) is 5.67. The van der Waals surface area contributed by atoms with Gasteiger partial charge in [-0.15, -0.1) is 0 Å². The molecule has 1 N–H and O–H groups in total. The predicted octanol–water partition coefficient (Wildman–Crippen LogP) is 1.86. The zero-order valence-electron chi connectivity index (χ0n) is 9.33. The van der Waals surface area contributed by atoms with E-state index in [1.165, 1.54) is 5.56 Å². The van der Waals surface area contributed by atoms with Crippen molar-refractivity contribution >= 4 is 0 Å². The number of nitrogens with one attached hydrogen (secondary N) is 1. The fourth-order valence-corrected chi connectivity index (χ4v) is 2.10. The van der Waals surface area contributed by atoms with Gasteiger partial charge < -0.3 is 10.1 Å². The minimum Gasteiger partial charge on any atom is -0.381 e. The van der Waals surface area contributed by atoms with Crippen molar-refractivity contribution in [1.29, 1.82) is 0 Å². The van der Waals surface area contributed by atoms with E-state index >= 15 is 0 Å². The molecule has 1 aliphatic heterocycles. The second kappa shape index (κ2) is 4.77. The van der Waals surface area contributed by atoms with Gasteiger partial charge in [-0.25, -0.2) is 0 Å². The summed E-state index contributed by atoms with van der Waals surface area (Å²) in [5, 5.41) is 3.35. The highest BCUT2D eigenvalue weighted by molar-refractivity contribution is 5.18. The standard InChI is InChI=1S/C13H19NO/c1-2-15-11-13(9-14-10-13)8-12-6-4-3-5-7-12/h3-7,14H,2,8-11H2,1H3. The third kappa shape index (κ3) is 2.58.